The van der Waals surface area contributed by atoms with Gasteiger partial charge in [0, 0.05) is 6.42 Å². The Kier molecular flexibility index (Phi) is 5.91. The first-order chi connectivity index (χ1) is 10.7. The van der Waals surface area contributed by atoms with Crippen LogP contribution in [0.25, 0.3) is 0 Å². The van der Waals surface area contributed by atoms with Crippen molar-refractivity contribution in [3.8, 4) is 5.75 Å². The maximum absolute atomic E-state index is 9.71. The van der Waals surface area contributed by atoms with Crippen molar-refractivity contribution in [1.29, 1.82) is 0 Å². The molecule has 6 nitrogen and oxygen atoms in total. The van der Waals surface area contributed by atoms with E-state index in [0.29, 0.717) is 18.3 Å². The van der Waals surface area contributed by atoms with Crippen molar-refractivity contribution in [3.05, 3.63) is 41.5 Å². The van der Waals surface area contributed by atoms with Crippen LogP contribution in [0, 0.1) is 0 Å². The van der Waals surface area contributed by atoms with Gasteiger partial charge in [0.05, 0.1) is 26.3 Å². The van der Waals surface area contributed by atoms with E-state index >= 15 is 0 Å². The van der Waals surface area contributed by atoms with Crippen molar-refractivity contribution in [2.75, 3.05) is 20.8 Å². The van der Waals surface area contributed by atoms with Crippen LogP contribution >= 0.6 is 0 Å². The number of aliphatic hydroxyl groups excluding tert-OH is 1. The smallest absolute Gasteiger partial charge is 0.226 e. The van der Waals surface area contributed by atoms with Gasteiger partial charge in [-0.15, -0.1) is 0 Å². The van der Waals surface area contributed by atoms with Crippen LogP contribution in [0.4, 0.5) is 0 Å². The zero-order valence-corrected chi connectivity index (χ0v) is 13.3. The fourth-order valence-electron chi connectivity index (χ4n) is 2.33. The van der Waals surface area contributed by atoms with Gasteiger partial charge in [-0.2, -0.15) is 4.98 Å². The second kappa shape index (κ2) is 7.91. The van der Waals surface area contributed by atoms with E-state index in [2.05, 4.69) is 17.1 Å². The molecule has 1 N–H and O–H groups in total. The molecular weight excluding hydrogens is 282 g/mol. The van der Waals surface area contributed by atoms with Crippen LogP contribution in [-0.4, -0.2) is 40.9 Å². The molecule has 1 unspecified atom stereocenters. The summed E-state index contributed by atoms with van der Waals surface area (Å²) >= 11 is 0. The Morgan fingerprint density at radius 2 is 2.05 bits per heavy atom. The van der Waals surface area contributed by atoms with Gasteiger partial charge in [-0.1, -0.05) is 24.2 Å². The van der Waals surface area contributed by atoms with Crippen LogP contribution in [0.5, 0.6) is 5.75 Å². The Bertz CT molecular complexity index is 568. The van der Waals surface area contributed by atoms with Crippen LogP contribution in [0.2, 0.25) is 0 Å². The van der Waals surface area contributed by atoms with Crippen molar-refractivity contribution in [1.82, 2.24) is 15.0 Å². The van der Waals surface area contributed by atoms with E-state index in [1.165, 1.54) is 0 Å². The summed E-state index contributed by atoms with van der Waals surface area (Å²) in [7, 11) is 3.57. The van der Waals surface area contributed by atoms with Crippen molar-refractivity contribution in [2.24, 2.45) is 0 Å². The van der Waals surface area contributed by atoms with Gasteiger partial charge in [-0.25, -0.2) is 0 Å². The summed E-state index contributed by atoms with van der Waals surface area (Å²) in [6.45, 7) is 2.61. The molecule has 2 aromatic rings. The number of hydrogen-bond donors (Lipinski definition) is 1. The molecule has 0 saturated heterocycles. The molecule has 0 aliphatic rings. The summed E-state index contributed by atoms with van der Waals surface area (Å²) < 4.78 is 10.3. The fraction of sp³-hybridized carbons (Fsp3) is 0.500. The Morgan fingerprint density at radius 1 is 1.32 bits per heavy atom. The van der Waals surface area contributed by atoms with Gasteiger partial charge in [-0.05, 0) is 31.2 Å². The van der Waals surface area contributed by atoms with E-state index < -0.39 is 0 Å². The number of benzene rings is 1. The monoisotopic (exact) mass is 305 g/mol. The molecule has 22 heavy (non-hydrogen) atoms. The van der Waals surface area contributed by atoms with Gasteiger partial charge in [0.2, 0.25) is 5.89 Å². The van der Waals surface area contributed by atoms with Crippen LogP contribution in [0.15, 0.2) is 28.8 Å². The molecule has 1 heterocycles. The topological polar surface area (TPSA) is 71.6 Å². The van der Waals surface area contributed by atoms with E-state index in [4.69, 9.17) is 9.26 Å². The number of aliphatic hydroxyl groups is 1. The number of likely N-dealkylation sites (N-methyl/N-ethyl adjacent to an activating group) is 1. The van der Waals surface area contributed by atoms with Gasteiger partial charge in [0.15, 0.2) is 5.82 Å². The minimum atomic E-state index is -0.126. The van der Waals surface area contributed by atoms with Crippen molar-refractivity contribution in [2.45, 2.75) is 32.4 Å². The average molecular weight is 305 g/mol. The number of nitrogens with zero attached hydrogens (tertiary/aromatic N) is 3. The first-order valence-corrected chi connectivity index (χ1v) is 7.44. The predicted molar refractivity (Wildman–Crippen MR) is 82.6 cm³/mol. The number of ether oxygens (including phenoxy) is 1. The number of hydrogen-bond acceptors (Lipinski definition) is 6. The summed E-state index contributed by atoms with van der Waals surface area (Å²) in [5.74, 6) is 2.10. The Labute approximate surface area is 130 Å². The maximum Gasteiger partial charge on any atom is 0.226 e. The second-order valence-corrected chi connectivity index (χ2v) is 5.24. The minimum Gasteiger partial charge on any atom is -0.497 e. The first kappa shape index (κ1) is 16.5. The lowest BCUT2D eigenvalue weighted by Crippen LogP contribution is -2.27. The Balaban J connectivity index is 2.05. The summed E-state index contributed by atoms with van der Waals surface area (Å²) in [5.41, 5.74) is 1.02. The molecule has 0 radical (unpaired) electrons. The van der Waals surface area contributed by atoms with Gasteiger partial charge in [0.1, 0.15) is 5.75 Å². The third kappa shape index (κ3) is 4.05. The molecule has 0 fully saturated rings. The summed E-state index contributed by atoms with van der Waals surface area (Å²) in [6.07, 6.45) is 1.77. The number of methoxy groups -OCH3 is 1. The highest BCUT2D eigenvalue weighted by molar-refractivity contribution is 5.29. The lowest BCUT2D eigenvalue weighted by molar-refractivity contribution is 0.139. The minimum absolute atomic E-state index is 0.0164. The fourth-order valence-corrected chi connectivity index (χ4v) is 2.33. The van der Waals surface area contributed by atoms with Crippen LogP contribution in [0.3, 0.4) is 0 Å². The molecule has 120 valence electrons. The quantitative estimate of drug-likeness (QED) is 0.806. The van der Waals surface area contributed by atoms with Crippen LogP contribution in [0.1, 0.15) is 36.7 Å². The van der Waals surface area contributed by atoms with Gasteiger partial charge < -0.3 is 14.4 Å². The molecule has 0 bridgehead atoms. The second-order valence-electron chi connectivity index (χ2n) is 5.24. The summed E-state index contributed by atoms with van der Waals surface area (Å²) in [6, 6.07) is 7.56. The van der Waals surface area contributed by atoms with Crippen molar-refractivity contribution in [3.63, 3.8) is 0 Å². The third-order valence-electron chi connectivity index (χ3n) is 3.57. The maximum atomic E-state index is 9.71. The molecule has 0 aliphatic heterocycles. The van der Waals surface area contributed by atoms with Crippen LogP contribution in [-0.2, 0) is 13.0 Å². The number of rotatable bonds is 8. The molecule has 2 rings (SSSR count). The molecule has 0 spiro atoms. The number of aryl methyl sites for hydroxylation is 1. The normalized spacial score (nSPS) is 12.6. The largest absolute Gasteiger partial charge is 0.497 e. The third-order valence-corrected chi connectivity index (χ3v) is 3.57. The van der Waals surface area contributed by atoms with Gasteiger partial charge in [-0.3, -0.25) is 4.90 Å². The van der Waals surface area contributed by atoms with Crippen molar-refractivity contribution < 1.29 is 14.4 Å². The van der Waals surface area contributed by atoms with Crippen LogP contribution < -0.4 is 4.74 Å². The van der Waals surface area contributed by atoms with E-state index in [-0.39, 0.29) is 12.6 Å². The zero-order chi connectivity index (χ0) is 15.9. The highest BCUT2D eigenvalue weighted by Crippen LogP contribution is 2.22. The standard InChI is InChI=1S/C16H23N3O3/c1-4-5-16-17-15(18-22-16)10-19(2)14(11-20)12-6-8-13(21-3)9-7-12/h6-9,14,20H,4-5,10-11H2,1-3H3. The van der Waals surface area contributed by atoms with Gasteiger partial charge in [0.25, 0.3) is 0 Å². The molecule has 6 heteroatoms. The van der Waals surface area contributed by atoms with Crippen molar-refractivity contribution >= 4 is 0 Å². The van der Waals surface area contributed by atoms with E-state index in [1.807, 2.05) is 36.2 Å². The van der Waals surface area contributed by atoms with Gasteiger partial charge >= 0.3 is 0 Å². The molecule has 1 aromatic carbocycles. The van der Waals surface area contributed by atoms with E-state index in [0.717, 1.165) is 24.2 Å². The molecule has 1 aromatic heterocycles. The molecule has 0 aliphatic carbocycles. The summed E-state index contributed by atoms with van der Waals surface area (Å²) in [4.78, 5) is 6.36. The Hall–Kier alpha value is -1.92. The highest BCUT2D eigenvalue weighted by atomic mass is 16.5. The SMILES string of the molecule is CCCc1nc(CN(C)C(CO)c2ccc(OC)cc2)no1. The molecule has 0 saturated carbocycles. The first-order valence-electron chi connectivity index (χ1n) is 7.44. The molecular formula is C16H23N3O3. The highest BCUT2D eigenvalue weighted by Gasteiger charge is 2.18. The van der Waals surface area contributed by atoms with E-state index in [1.54, 1.807) is 7.11 Å². The lowest BCUT2D eigenvalue weighted by atomic mass is 10.1. The average Bonchev–Trinajstić information content (AvgIpc) is 2.96. The zero-order valence-electron chi connectivity index (χ0n) is 13.3. The summed E-state index contributed by atoms with van der Waals surface area (Å²) in [5, 5.41) is 13.7. The van der Waals surface area contributed by atoms with E-state index in [9.17, 15) is 5.11 Å². The molecule has 0 amide bonds. The Morgan fingerprint density at radius 3 is 2.64 bits per heavy atom. The lowest BCUT2D eigenvalue weighted by Gasteiger charge is -2.25. The molecule has 1 atom stereocenters. The number of aromatic nitrogens is 2. The predicted octanol–water partition coefficient (Wildman–Crippen LogP) is 2.20.